The number of nitrogens with one attached hydrogen (secondary N) is 1. The summed E-state index contributed by atoms with van der Waals surface area (Å²) in [5.41, 5.74) is 2.80. The summed E-state index contributed by atoms with van der Waals surface area (Å²) < 4.78 is 28.5. The summed E-state index contributed by atoms with van der Waals surface area (Å²) in [7, 11) is -2.71. The zero-order valence-electron chi connectivity index (χ0n) is 21.0. The molecule has 196 valence electrons. The highest BCUT2D eigenvalue weighted by atomic mass is 35.5. The second-order valence-electron chi connectivity index (χ2n) is 8.69. The molecule has 0 radical (unpaired) electrons. The Morgan fingerprint density at radius 3 is 2.11 bits per heavy atom. The van der Waals surface area contributed by atoms with Gasteiger partial charge in [0.25, 0.3) is 10.0 Å². The largest absolute Gasteiger partial charge is 0.357 e. The van der Waals surface area contributed by atoms with E-state index in [1.54, 1.807) is 19.1 Å². The van der Waals surface area contributed by atoms with Crippen LogP contribution < -0.4 is 9.62 Å². The van der Waals surface area contributed by atoms with Crippen LogP contribution in [0.1, 0.15) is 23.6 Å². The molecule has 3 aromatic rings. The van der Waals surface area contributed by atoms with Gasteiger partial charge in [-0.05, 0) is 62.2 Å². The predicted octanol–water partition coefficient (Wildman–Crippen LogP) is 4.97. The molecule has 0 aliphatic heterocycles. The van der Waals surface area contributed by atoms with E-state index in [1.165, 1.54) is 42.3 Å². The van der Waals surface area contributed by atoms with Crippen LogP contribution in [0.5, 0.6) is 0 Å². The lowest BCUT2D eigenvalue weighted by Crippen LogP contribution is -2.50. The average molecular weight is 563 g/mol. The lowest BCUT2D eigenvalue weighted by Gasteiger charge is -2.32. The van der Waals surface area contributed by atoms with Gasteiger partial charge in [-0.25, -0.2) is 8.42 Å². The Hall–Kier alpha value is -3.07. The van der Waals surface area contributed by atoms with Crippen LogP contribution in [-0.4, -0.2) is 44.8 Å². The number of halogens is 2. The first kappa shape index (κ1) is 28.5. The van der Waals surface area contributed by atoms with E-state index in [2.05, 4.69) is 5.32 Å². The van der Waals surface area contributed by atoms with Crippen LogP contribution in [0, 0.1) is 13.8 Å². The molecular formula is C27H29Cl2N3O4S. The minimum atomic E-state index is -4.20. The summed E-state index contributed by atoms with van der Waals surface area (Å²) in [5, 5.41) is 3.00. The monoisotopic (exact) mass is 561 g/mol. The number of aryl methyl sites for hydroxylation is 2. The van der Waals surface area contributed by atoms with E-state index >= 15 is 0 Å². The number of anilines is 1. The Balaban J connectivity index is 2.08. The van der Waals surface area contributed by atoms with Gasteiger partial charge in [-0.3, -0.25) is 13.9 Å². The van der Waals surface area contributed by atoms with E-state index in [9.17, 15) is 18.0 Å². The van der Waals surface area contributed by atoms with Crippen LogP contribution in [0.2, 0.25) is 10.0 Å². The number of hydrogen-bond donors (Lipinski definition) is 1. The maximum absolute atomic E-state index is 13.8. The van der Waals surface area contributed by atoms with Crippen molar-refractivity contribution in [3.8, 4) is 0 Å². The molecule has 3 aromatic carbocycles. The van der Waals surface area contributed by atoms with Gasteiger partial charge in [0, 0.05) is 23.6 Å². The highest BCUT2D eigenvalue weighted by Gasteiger charge is 2.32. The molecule has 0 unspecified atom stereocenters. The fraction of sp³-hybridized carbons (Fsp3) is 0.259. The molecule has 0 saturated heterocycles. The normalized spacial score (nSPS) is 12.1. The summed E-state index contributed by atoms with van der Waals surface area (Å²) in [6.07, 6.45) is 0. The topological polar surface area (TPSA) is 86.8 Å². The minimum Gasteiger partial charge on any atom is -0.357 e. The van der Waals surface area contributed by atoms with Crippen molar-refractivity contribution in [3.05, 3.63) is 93.5 Å². The van der Waals surface area contributed by atoms with Gasteiger partial charge in [0.15, 0.2) is 0 Å². The van der Waals surface area contributed by atoms with E-state index in [0.717, 1.165) is 21.0 Å². The molecule has 0 aliphatic rings. The van der Waals surface area contributed by atoms with Crippen LogP contribution in [0.4, 0.5) is 5.69 Å². The third-order valence-corrected chi connectivity index (χ3v) is 8.26. The van der Waals surface area contributed by atoms with E-state index in [4.69, 9.17) is 23.2 Å². The lowest BCUT2D eigenvalue weighted by molar-refractivity contribution is -0.139. The Morgan fingerprint density at radius 1 is 0.946 bits per heavy atom. The standard InChI is InChI=1S/C27H29Cl2N3O4S/c1-18-9-11-25(12-10-18)37(35,36)32(24-14-22(28)13-23(29)15-24)17-26(33)31(20(3)27(34)30-4)16-21-8-6-5-7-19(21)2/h5-15,20H,16-17H2,1-4H3,(H,30,34)/t20-/m0/s1. The maximum Gasteiger partial charge on any atom is 0.264 e. The quantitative estimate of drug-likeness (QED) is 0.399. The van der Waals surface area contributed by atoms with Gasteiger partial charge < -0.3 is 10.2 Å². The molecule has 10 heteroatoms. The summed E-state index contributed by atoms with van der Waals surface area (Å²) in [6, 6.07) is 17.3. The van der Waals surface area contributed by atoms with Gasteiger partial charge in [-0.1, -0.05) is 65.2 Å². The van der Waals surface area contributed by atoms with E-state index in [1.807, 2.05) is 38.1 Å². The third-order valence-electron chi connectivity index (χ3n) is 6.04. The molecule has 1 atom stereocenters. The summed E-state index contributed by atoms with van der Waals surface area (Å²) >= 11 is 12.4. The first-order chi connectivity index (χ1) is 17.4. The van der Waals surface area contributed by atoms with Crippen LogP contribution in [0.3, 0.4) is 0 Å². The van der Waals surface area contributed by atoms with Crippen molar-refractivity contribution in [1.82, 2.24) is 10.2 Å². The Morgan fingerprint density at radius 2 is 1.54 bits per heavy atom. The number of amides is 2. The molecule has 0 aliphatic carbocycles. The van der Waals surface area contributed by atoms with Crippen LogP contribution in [0.15, 0.2) is 71.6 Å². The summed E-state index contributed by atoms with van der Waals surface area (Å²) in [6.45, 7) is 4.90. The minimum absolute atomic E-state index is 0.00630. The number of hydrogen-bond acceptors (Lipinski definition) is 4. The first-order valence-electron chi connectivity index (χ1n) is 11.5. The molecule has 3 rings (SSSR count). The molecule has 1 N–H and O–H groups in total. The fourth-order valence-corrected chi connectivity index (χ4v) is 5.72. The number of carbonyl (C=O) groups excluding carboxylic acids is 2. The van der Waals surface area contributed by atoms with Crippen molar-refractivity contribution in [2.45, 2.75) is 38.3 Å². The second-order valence-corrected chi connectivity index (χ2v) is 11.4. The number of carbonyl (C=O) groups is 2. The zero-order chi connectivity index (χ0) is 27.3. The van der Waals surface area contributed by atoms with E-state index in [0.29, 0.717) is 0 Å². The molecule has 2 amide bonds. The van der Waals surface area contributed by atoms with Crippen molar-refractivity contribution in [2.24, 2.45) is 0 Å². The van der Waals surface area contributed by atoms with E-state index in [-0.39, 0.29) is 33.1 Å². The Bertz CT molecular complexity index is 1370. The smallest absolute Gasteiger partial charge is 0.264 e. The van der Waals surface area contributed by atoms with Crippen molar-refractivity contribution >= 4 is 50.7 Å². The second kappa shape index (κ2) is 12.0. The number of sulfonamides is 1. The number of benzene rings is 3. The fourth-order valence-electron chi connectivity index (χ4n) is 3.81. The molecule has 0 spiro atoms. The Labute approximate surface area is 228 Å². The SMILES string of the molecule is CNC(=O)[C@H](C)N(Cc1ccccc1C)C(=O)CN(c1cc(Cl)cc(Cl)c1)S(=O)(=O)c1ccc(C)cc1. The lowest BCUT2D eigenvalue weighted by atomic mass is 10.1. The number of nitrogens with zero attached hydrogens (tertiary/aromatic N) is 2. The molecular weight excluding hydrogens is 533 g/mol. The van der Waals surface area contributed by atoms with Crippen molar-refractivity contribution in [1.29, 1.82) is 0 Å². The van der Waals surface area contributed by atoms with Crippen molar-refractivity contribution in [3.63, 3.8) is 0 Å². The average Bonchev–Trinajstić information content (AvgIpc) is 2.85. The van der Waals surface area contributed by atoms with Gasteiger partial charge >= 0.3 is 0 Å². The van der Waals surface area contributed by atoms with Crippen LogP contribution in [0.25, 0.3) is 0 Å². The van der Waals surface area contributed by atoms with E-state index < -0.39 is 28.5 Å². The van der Waals surface area contributed by atoms with Crippen LogP contribution >= 0.6 is 23.2 Å². The molecule has 0 bridgehead atoms. The van der Waals surface area contributed by atoms with Gasteiger partial charge in [0.05, 0.1) is 10.6 Å². The highest BCUT2D eigenvalue weighted by Crippen LogP contribution is 2.30. The van der Waals surface area contributed by atoms with Gasteiger partial charge in [0.2, 0.25) is 11.8 Å². The highest BCUT2D eigenvalue weighted by molar-refractivity contribution is 7.92. The molecule has 7 nitrogen and oxygen atoms in total. The van der Waals surface area contributed by atoms with Gasteiger partial charge in [0.1, 0.15) is 12.6 Å². The number of likely N-dealkylation sites (N-methyl/N-ethyl adjacent to an activating group) is 1. The maximum atomic E-state index is 13.8. The van der Waals surface area contributed by atoms with Gasteiger partial charge in [-0.15, -0.1) is 0 Å². The number of rotatable bonds is 9. The molecule has 0 aromatic heterocycles. The zero-order valence-corrected chi connectivity index (χ0v) is 23.4. The summed E-state index contributed by atoms with van der Waals surface area (Å²) in [5.74, 6) is -0.938. The van der Waals surface area contributed by atoms with Crippen molar-refractivity contribution in [2.75, 3.05) is 17.9 Å². The summed E-state index contributed by atoms with van der Waals surface area (Å²) in [4.78, 5) is 27.7. The molecule has 37 heavy (non-hydrogen) atoms. The predicted molar refractivity (Wildman–Crippen MR) is 147 cm³/mol. The van der Waals surface area contributed by atoms with Gasteiger partial charge in [-0.2, -0.15) is 0 Å². The molecule has 0 heterocycles. The molecule has 0 saturated carbocycles. The first-order valence-corrected chi connectivity index (χ1v) is 13.7. The third kappa shape index (κ3) is 6.83. The Kier molecular flexibility index (Phi) is 9.23. The van der Waals surface area contributed by atoms with Crippen molar-refractivity contribution < 1.29 is 18.0 Å². The van der Waals surface area contributed by atoms with Crippen LogP contribution in [-0.2, 0) is 26.2 Å². The molecule has 0 fully saturated rings.